The number of aromatic nitrogens is 2. The molecule has 0 amide bonds. The van der Waals surface area contributed by atoms with Gasteiger partial charge in [-0.3, -0.25) is 4.98 Å². The summed E-state index contributed by atoms with van der Waals surface area (Å²) < 4.78 is 0.865. The van der Waals surface area contributed by atoms with Crippen molar-refractivity contribution in [2.45, 2.75) is 13.3 Å². The van der Waals surface area contributed by atoms with Gasteiger partial charge in [0.25, 0.3) is 0 Å². The minimum absolute atomic E-state index is 0.651. The number of hydrogen-bond donors (Lipinski definition) is 2. The summed E-state index contributed by atoms with van der Waals surface area (Å²) in [5, 5.41) is 7.01. The molecule has 100 valence electrons. The maximum Gasteiger partial charge on any atom is 0.151 e. The predicted molar refractivity (Wildman–Crippen MR) is 83.2 cm³/mol. The van der Waals surface area contributed by atoms with E-state index in [-0.39, 0.29) is 0 Å². The van der Waals surface area contributed by atoms with Crippen molar-refractivity contribution in [1.29, 1.82) is 0 Å². The van der Waals surface area contributed by atoms with Gasteiger partial charge in [-0.2, -0.15) is 0 Å². The highest BCUT2D eigenvalue weighted by Crippen LogP contribution is 2.26. The Hall–Kier alpha value is -1.33. The molecule has 0 fully saturated rings. The van der Waals surface area contributed by atoms with Gasteiger partial charge in [-0.05, 0) is 40.5 Å². The van der Waals surface area contributed by atoms with Crippen molar-refractivity contribution >= 4 is 44.9 Å². The first-order valence-electron chi connectivity index (χ1n) is 5.97. The van der Waals surface area contributed by atoms with Crippen LogP contribution < -0.4 is 10.6 Å². The minimum atomic E-state index is 0.651. The van der Waals surface area contributed by atoms with Gasteiger partial charge >= 0.3 is 0 Å². The normalized spacial score (nSPS) is 10.3. The first kappa shape index (κ1) is 14.1. The number of hydrogen-bond acceptors (Lipinski definition) is 4. The lowest BCUT2D eigenvalue weighted by Crippen LogP contribution is -2.04. The van der Waals surface area contributed by atoms with E-state index in [1.165, 1.54) is 0 Å². The third kappa shape index (κ3) is 4.08. The molecule has 6 heteroatoms. The number of rotatable bonds is 5. The Bertz CT molecular complexity index is 562. The molecule has 0 aliphatic carbocycles. The van der Waals surface area contributed by atoms with Crippen molar-refractivity contribution in [3.8, 4) is 0 Å². The van der Waals surface area contributed by atoms with Crippen molar-refractivity contribution in [2.75, 3.05) is 17.2 Å². The summed E-state index contributed by atoms with van der Waals surface area (Å²) in [6.45, 7) is 2.98. The maximum atomic E-state index is 6.04. The van der Waals surface area contributed by atoms with E-state index in [0.29, 0.717) is 10.8 Å². The van der Waals surface area contributed by atoms with E-state index in [9.17, 15) is 0 Å². The molecule has 1 aromatic heterocycles. The second-order valence-electron chi connectivity index (χ2n) is 3.97. The fourth-order valence-electron chi connectivity index (χ4n) is 1.49. The van der Waals surface area contributed by atoms with Crippen LogP contribution >= 0.6 is 27.5 Å². The maximum absolute atomic E-state index is 6.04. The molecule has 19 heavy (non-hydrogen) atoms. The Labute approximate surface area is 125 Å². The van der Waals surface area contributed by atoms with Crippen molar-refractivity contribution in [2.24, 2.45) is 0 Å². The second kappa shape index (κ2) is 6.73. The molecule has 0 saturated carbocycles. The lowest BCUT2D eigenvalue weighted by Gasteiger charge is -2.08. The van der Waals surface area contributed by atoms with Crippen molar-refractivity contribution in [1.82, 2.24) is 9.97 Å². The van der Waals surface area contributed by atoms with E-state index in [1.807, 2.05) is 18.2 Å². The standard InChI is InChI=1S/C13H14BrClN4/c1-2-5-17-12-7-16-8-13(19-12)18-9-3-4-10(14)11(15)6-9/h3-4,6-8H,2,5H2,1H3,(H2,17,18,19). The molecule has 0 radical (unpaired) electrons. The predicted octanol–water partition coefficient (Wildman–Crippen LogP) is 4.46. The van der Waals surface area contributed by atoms with E-state index in [0.717, 1.165) is 28.9 Å². The molecule has 0 atom stereocenters. The van der Waals surface area contributed by atoms with Gasteiger partial charge in [-0.1, -0.05) is 18.5 Å². The molecule has 0 unspecified atom stereocenters. The summed E-state index contributed by atoms with van der Waals surface area (Å²) >= 11 is 9.40. The molecule has 2 N–H and O–H groups in total. The molecule has 0 aliphatic heterocycles. The summed E-state index contributed by atoms with van der Waals surface area (Å²) in [4.78, 5) is 8.56. The summed E-state index contributed by atoms with van der Waals surface area (Å²) in [5.74, 6) is 1.44. The molecule has 2 aromatic rings. The van der Waals surface area contributed by atoms with Gasteiger partial charge in [0.15, 0.2) is 5.82 Å². The van der Waals surface area contributed by atoms with Gasteiger partial charge in [0, 0.05) is 16.7 Å². The lowest BCUT2D eigenvalue weighted by molar-refractivity contribution is 0.965. The van der Waals surface area contributed by atoms with E-state index in [1.54, 1.807) is 12.4 Å². The molecule has 0 aliphatic rings. The SMILES string of the molecule is CCCNc1cncc(Nc2ccc(Br)c(Cl)c2)n1. The monoisotopic (exact) mass is 340 g/mol. The van der Waals surface area contributed by atoms with Crippen LogP contribution in [0, 0.1) is 0 Å². The number of halogens is 2. The zero-order valence-corrected chi connectivity index (χ0v) is 12.8. The second-order valence-corrected chi connectivity index (χ2v) is 5.23. The third-order valence-electron chi connectivity index (χ3n) is 2.38. The van der Waals surface area contributed by atoms with Crippen LogP contribution in [0.4, 0.5) is 17.3 Å². The van der Waals surface area contributed by atoms with Crippen LogP contribution in [-0.2, 0) is 0 Å². The fraction of sp³-hybridized carbons (Fsp3) is 0.231. The van der Waals surface area contributed by atoms with Gasteiger partial charge in [0.2, 0.25) is 0 Å². The van der Waals surface area contributed by atoms with Gasteiger partial charge in [-0.15, -0.1) is 0 Å². The molecule has 1 heterocycles. The van der Waals surface area contributed by atoms with E-state index in [4.69, 9.17) is 11.6 Å². The van der Waals surface area contributed by atoms with Gasteiger partial charge in [-0.25, -0.2) is 4.98 Å². The minimum Gasteiger partial charge on any atom is -0.369 e. The Morgan fingerprint density at radius 3 is 2.79 bits per heavy atom. The Balaban J connectivity index is 2.11. The first-order valence-corrected chi connectivity index (χ1v) is 7.14. The highest BCUT2D eigenvalue weighted by Gasteiger charge is 2.02. The van der Waals surface area contributed by atoms with E-state index < -0.39 is 0 Å². The van der Waals surface area contributed by atoms with Crippen LogP contribution in [0.5, 0.6) is 0 Å². The van der Waals surface area contributed by atoms with Gasteiger partial charge in [0.05, 0.1) is 17.4 Å². The molecule has 1 aromatic carbocycles. The first-order chi connectivity index (χ1) is 9.19. The smallest absolute Gasteiger partial charge is 0.151 e. The molecule has 0 saturated heterocycles. The van der Waals surface area contributed by atoms with Gasteiger partial charge in [0.1, 0.15) is 5.82 Å². The van der Waals surface area contributed by atoms with Crippen LogP contribution in [0.3, 0.4) is 0 Å². The van der Waals surface area contributed by atoms with Crippen LogP contribution in [0.2, 0.25) is 5.02 Å². The number of benzene rings is 1. The quantitative estimate of drug-likeness (QED) is 0.843. The topological polar surface area (TPSA) is 49.8 Å². The van der Waals surface area contributed by atoms with Crippen LogP contribution in [0.1, 0.15) is 13.3 Å². The fourth-order valence-corrected chi connectivity index (χ4v) is 1.91. The van der Waals surface area contributed by atoms with Crippen LogP contribution in [-0.4, -0.2) is 16.5 Å². The van der Waals surface area contributed by atoms with Crippen molar-refractivity contribution < 1.29 is 0 Å². The molecular weight excluding hydrogens is 328 g/mol. The zero-order valence-electron chi connectivity index (χ0n) is 10.5. The van der Waals surface area contributed by atoms with Crippen LogP contribution in [0.25, 0.3) is 0 Å². The highest BCUT2D eigenvalue weighted by atomic mass is 79.9. The summed E-state index contributed by atoms with van der Waals surface area (Å²) in [7, 11) is 0. The number of nitrogens with one attached hydrogen (secondary N) is 2. The van der Waals surface area contributed by atoms with Crippen LogP contribution in [0.15, 0.2) is 35.1 Å². The highest BCUT2D eigenvalue weighted by molar-refractivity contribution is 9.10. The lowest BCUT2D eigenvalue weighted by atomic mass is 10.3. The van der Waals surface area contributed by atoms with Crippen molar-refractivity contribution in [3.05, 3.63) is 40.1 Å². The third-order valence-corrected chi connectivity index (χ3v) is 3.62. The molecule has 0 spiro atoms. The molecule has 0 bridgehead atoms. The number of nitrogens with zero attached hydrogens (tertiary/aromatic N) is 2. The summed E-state index contributed by atoms with van der Waals surface area (Å²) in [5.41, 5.74) is 0.871. The Kier molecular flexibility index (Phi) is 4.99. The van der Waals surface area contributed by atoms with Crippen molar-refractivity contribution in [3.63, 3.8) is 0 Å². The zero-order chi connectivity index (χ0) is 13.7. The summed E-state index contributed by atoms with van der Waals surface area (Å²) in [6, 6.07) is 5.64. The Morgan fingerprint density at radius 2 is 2.05 bits per heavy atom. The molecule has 4 nitrogen and oxygen atoms in total. The van der Waals surface area contributed by atoms with E-state index in [2.05, 4.69) is 43.5 Å². The Morgan fingerprint density at radius 1 is 1.26 bits per heavy atom. The summed E-state index contributed by atoms with van der Waals surface area (Å²) in [6.07, 6.45) is 4.42. The average Bonchev–Trinajstić information content (AvgIpc) is 2.41. The number of anilines is 3. The average molecular weight is 342 g/mol. The van der Waals surface area contributed by atoms with E-state index >= 15 is 0 Å². The van der Waals surface area contributed by atoms with Gasteiger partial charge < -0.3 is 10.6 Å². The molecule has 2 rings (SSSR count). The largest absolute Gasteiger partial charge is 0.369 e. The molecular formula is C13H14BrClN4.